The van der Waals surface area contributed by atoms with Crippen molar-refractivity contribution in [3.8, 4) is 5.69 Å². The third-order valence-corrected chi connectivity index (χ3v) is 3.29. The fraction of sp³-hybridized carbons (Fsp3) is 0.467. The minimum absolute atomic E-state index is 0.0547. The Morgan fingerprint density at radius 2 is 1.95 bits per heavy atom. The van der Waals surface area contributed by atoms with E-state index in [2.05, 4.69) is 24.2 Å². The number of benzene rings is 1. The van der Waals surface area contributed by atoms with Crippen molar-refractivity contribution in [2.45, 2.75) is 32.9 Å². The zero-order valence-electron chi connectivity index (χ0n) is 12.2. The SMILES string of the molecule is CCOC(C(C)C)C(N)c1cnnn1-c1ccccc1. The number of nitrogens with two attached hydrogens (primary N) is 1. The van der Waals surface area contributed by atoms with E-state index in [0.29, 0.717) is 12.5 Å². The molecular formula is C15H22N4O. The van der Waals surface area contributed by atoms with Crippen molar-refractivity contribution in [2.24, 2.45) is 11.7 Å². The van der Waals surface area contributed by atoms with E-state index in [1.165, 1.54) is 0 Å². The molecule has 0 saturated heterocycles. The highest BCUT2D eigenvalue weighted by molar-refractivity contribution is 5.32. The smallest absolute Gasteiger partial charge is 0.0839 e. The Hall–Kier alpha value is -1.72. The normalized spacial score (nSPS) is 14.4. The lowest BCUT2D eigenvalue weighted by atomic mass is 9.98. The van der Waals surface area contributed by atoms with E-state index >= 15 is 0 Å². The van der Waals surface area contributed by atoms with Gasteiger partial charge in [0, 0.05) is 6.61 Å². The first-order valence-electron chi connectivity index (χ1n) is 6.98. The molecule has 1 aromatic heterocycles. The Labute approximate surface area is 119 Å². The summed E-state index contributed by atoms with van der Waals surface area (Å²) in [4.78, 5) is 0. The van der Waals surface area contributed by atoms with Crippen LogP contribution in [0.4, 0.5) is 0 Å². The molecule has 1 aromatic carbocycles. The number of hydrogen-bond donors (Lipinski definition) is 1. The molecule has 0 aliphatic rings. The van der Waals surface area contributed by atoms with Gasteiger partial charge in [-0.2, -0.15) is 0 Å². The van der Waals surface area contributed by atoms with Gasteiger partial charge in [-0.3, -0.25) is 0 Å². The molecule has 2 N–H and O–H groups in total. The second-order valence-corrected chi connectivity index (χ2v) is 5.10. The number of para-hydroxylation sites is 1. The lowest BCUT2D eigenvalue weighted by Gasteiger charge is -2.27. The summed E-state index contributed by atoms with van der Waals surface area (Å²) in [5, 5.41) is 8.14. The van der Waals surface area contributed by atoms with Gasteiger partial charge in [0.1, 0.15) is 0 Å². The average Bonchev–Trinajstić information content (AvgIpc) is 2.94. The van der Waals surface area contributed by atoms with Crippen LogP contribution in [0.5, 0.6) is 0 Å². The highest BCUT2D eigenvalue weighted by atomic mass is 16.5. The molecule has 0 aliphatic heterocycles. The second-order valence-electron chi connectivity index (χ2n) is 5.10. The third kappa shape index (κ3) is 3.05. The minimum atomic E-state index is -0.259. The quantitative estimate of drug-likeness (QED) is 0.878. The van der Waals surface area contributed by atoms with Crippen LogP contribution in [0.1, 0.15) is 32.5 Å². The van der Waals surface area contributed by atoms with Crippen LogP contribution in [0.15, 0.2) is 36.5 Å². The Morgan fingerprint density at radius 1 is 1.25 bits per heavy atom. The van der Waals surface area contributed by atoms with E-state index in [0.717, 1.165) is 11.4 Å². The third-order valence-electron chi connectivity index (χ3n) is 3.29. The topological polar surface area (TPSA) is 66.0 Å². The van der Waals surface area contributed by atoms with Crippen molar-refractivity contribution in [2.75, 3.05) is 6.61 Å². The molecule has 1 heterocycles. The molecule has 0 radical (unpaired) electrons. The standard InChI is InChI=1S/C15H22N4O/c1-4-20-15(11(2)3)14(16)13-10-17-18-19(13)12-8-6-5-7-9-12/h5-11,14-15H,4,16H2,1-3H3. The minimum Gasteiger partial charge on any atom is -0.376 e. The number of rotatable bonds is 6. The molecule has 0 spiro atoms. The molecule has 0 bridgehead atoms. The molecule has 108 valence electrons. The Morgan fingerprint density at radius 3 is 2.55 bits per heavy atom. The first kappa shape index (κ1) is 14.7. The molecule has 2 aromatic rings. The molecule has 0 aliphatic carbocycles. The maximum Gasteiger partial charge on any atom is 0.0839 e. The zero-order chi connectivity index (χ0) is 14.5. The molecule has 20 heavy (non-hydrogen) atoms. The van der Waals surface area contributed by atoms with Gasteiger partial charge >= 0.3 is 0 Å². The van der Waals surface area contributed by atoms with Gasteiger partial charge in [0.25, 0.3) is 0 Å². The number of hydrogen-bond acceptors (Lipinski definition) is 4. The van der Waals surface area contributed by atoms with Gasteiger partial charge in [-0.25, -0.2) is 4.68 Å². The van der Waals surface area contributed by atoms with Crippen LogP contribution in [0.25, 0.3) is 5.69 Å². The van der Waals surface area contributed by atoms with Crippen molar-refractivity contribution in [3.05, 3.63) is 42.2 Å². The van der Waals surface area contributed by atoms with Crippen LogP contribution in [-0.2, 0) is 4.74 Å². The lowest BCUT2D eigenvalue weighted by molar-refractivity contribution is 0.0108. The molecule has 0 saturated carbocycles. The molecule has 2 atom stereocenters. The summed E-state index contributed by atoms with van der Waals surface area (Å²) in [6.07, 6.45) is 1.66. The van der Waals surface area contributed by atoms with Gasteiger partial charge in [0.05, 0.1) is 29.7 Å². The van der Waals surface area contributed by atoms with Gasteiger partial charge < -0.3 is 10.5 Å². The molecular weight excluding hydrogens is 252 g/mol. The first-order valence-corrected chi connectivity index (χ1v) is 6.98. The summed E-state index contributed by atoms with van der Waals surface area (Å²) in [5.74, 6) is 0.323. The highest BCUT2D eigenvalue weighted by Crippen LogP contribution is 2.23. The van der Waals surface area contributed by atoms with E-state index in [1.807, 2.05) is 37.3 Å². The molecule has 5 heteroatoms. The maximum absolute atomic E-state index is 6.38. The van der Waals surface area contributed by atoms with E-state index in [4.69, 9.17) is 10.5 Å². The second kappa shape index (κ2) is 6.63. The Balaban J connectivity index is 2.31. The van der Waals surface area contributed by atoms with Gasteiger partial charge in [0.2, 0.25) is 0 Å². The van der Waals surface area contributed by atoms with Crippen molar-refractivity contribution in [3.63, 3.8) is 0 Å². The monoisotopic (exact) mass is 274 g/mol. The van der Waals surface area contributed by atoms with Crippen LogP contribution in [0.2, 0.25) is 0 Å². The van der Waals surface area contributed by atoms with Crippen molar-refractivity contribution < 1.29 is 4.74 Å². The molecule has 5 nitrogen and oxygen atoms in total. The predicted molar refractivity (Wildman–Crippen MR) is 78.5 cm³/mol. The van der Waals surface area contributed by atoms with Crippen LogP contribution < -0.4 is 5.73 Å². The Kier molecular flexibility index (Phi) is 4.87. The van der Waals surface area contributed by atoms with Crippen molar-refractivity contribution in [1.29, 1.82) is 0 Å². The molecule has 2 unspecified atom stereocenters. The number of ether oxygens (including phenoxy) is 1. The van der Waals surface area contributed by atoms with Gasteiger partial charge in [-0.15, -0.1) is 5.10 Å². The summed E-state index contributed by atoms with van der Waals surface area (Å²) < 4.78 is 7.56. The van der Waals surface area contributed by atoms with Gasteiger partial charge in [-0.05, 0) is 25.0 Å². The highest BCUT2D eigenvalue weighted by Gasteiger charge is 2.26. The van der Waals surface area contributed by atoms with E-state index in [1.54, 1.807) is 10.9 Å². The average molecular weight is 274 g/mol. The van der Waals surface area contributed by atoms with Gasteiger partial charge in [-0.1, -0.05) is 37.3 Å². The van der Waals surface area contributed by atoms with Crippen LogP contribution in [0, 0.1) is 5.92 Å². The van der Waals surface area contributed by atoms with E-state index in [-0.39, 0.29) is 12.1 Å². The summed E-state index contributed by atoms with van der Waals surface area (Å²) in [6.45, 7) is 6.84. The summed E-state index contributed by atoms with van der Waals surface area (Å²) in [5.41, 5.74) is 8.20. The molecule has 0 amide bonds. The fourth-order valence-electron chi connectivity index (χ4n) is 2.31. The lowest BCUT2D eigenvalue weighted by Crippen LogP contribution is -2.34. The zero-order valence-corrected chi connectivity index (χ0v) is 12.2. The predicted octanol–water partition coefficient (Wildman–Crippen LogP) is 2.33. The van der Waals surface area contributed by atoms with Crippen molar-refractivity contribution >= 4 is 0 Å². The van der Waals surface area contributed by atoms with E-state index < -0.39 is 0 Å². The number of aromatic nitrogens is 3. The molecule has 0 fully saturated rings. The van der Waals surface area contributed by atoms with E-state index in [9.17, 15) is 0 Å². The van der Waals surface area contributed by atoms with Crippen LogP contribution in [-0.4, -0.2) is 27.7 Å². The van der Waals surface area contributed by atoms with Crippen molar-refractivity contribution in [1.82, 2.24) is 15.0 Å². The maximum atomic E-state index is 6.38. The summed E-state index contributed by atoms with van der Waals surface area (Å²) in [7, 11) is 0. The molecule has 2 rings (SSSR count). The number of nitrogens with zero attached hydrogens (tertiary/aromatic N) is 3. The van der Waals surface area contributed by atoms with Crippen LogP contribution in [0.3, 0.4) is 0 Å². The van der Waals surface area contributed by atoms with Gasteiger partial charge in [0.15, 0.2) is 0 Å². The summed E-state index contributed by atoms with van der Waals surface area (Å²) in [6, 6.07) is 9.61. The summed E-state index contributed by atoms with van der Waals surface area (Å²) >= 11 is 0. The Bertz CT molecular complexity index is 524. The van der Waals surface area contributed by atoms with Crippen LogP contribution >= 0.6 is 0 Å². The fourth-order valence-corrected chi connectivity index (χ4v) is 2.31. The first-order chi connectivity index (χ1) is 9.65. The largest absolute Gasteiger partial charge is 0.376 e.